The molecule has 0 radical (unpaired) electrons. The maximum Gasteiger partial charge on any atom is 0.161 e. The van der Waals surface area contributed by atoms with E-state index in [1.807, 2.05) is 18.2 Å². The van der Waals surface area contributed by atoms with Crippen LogP contribution in [0, 0.1) is 0 Å². The molecule has 1 aliphatic rings. The van der Waals surface area contributed by atoms with Crippen LogP contribution in [-0.4, -0.2) is 23.4 Å². The quantitative estimate of drug-likeness (QED) is 0.757. The maximum absolute atomic E-state index is 5.76. The molecule has 0 unspecified atom stereocenters. The lowest BCUT2D eigenvalue weighted by molar-refractivity contribution is 0.171. The number of H-pyrrole nitrogens is 1. The van der Waals surface area contributed by atoms with Gasteiger partial charge < -0.3 is 15.2 Å². The first-order chi connectivity index (χ1) is 7.84. The van der Waals surface area contributed by atoms with Crippen molar-refractivity contribution in [3.8, 4) is 22.6 Å². The highest BCUT2D eigenvalue weighted by Crippen LogP contribution is 2.35. The summed E-state index contributed by atoms with van der Waals surface area (Å²) in [4.78, 5) is 0. The Labute approximate surface area is 92.2 Å². The van der Waals surface area contributed by atoms with Gasteiger partial charge in [-0.25, -0.2) is 0 Å². The zero-order chi connectivity index (χ0) is 11.0. The van der Waals surface area contributed by atoms with Crippen LogP contribution in [0.4, 0.5) is 5.82 Å². The van der Waals surface area contributed by atoms with Gasteiger partial charge in [0.05, 0.1) is 6.20 Å². The van der Waals surface area contributed by atoms with Gasteiger partial charge in [0.15, 0.2) is 11.5 Å². The Kier molecular flexibility index (Phi) is 1.96. The van der Waals surface area contributed by atoms with Crippen LogP contribution in [0.2, 0.25) is 0 Å². The first kappa shape index (κ1) is 9.08. The zero-order valence-corrected chi connectivity index (χ0v) is 8.56. The van der Waals surface area contributed by atoms with E-state index in [-0.39, 0.29) is 0 Å². The summed E-state index contributed by atoms with van der Waals surface area (Å²) in [6.45, 7) is 1.18. The largest absolute Gasteiger partial charge is 0.486 e. The number of hydrogen-bond donors (Lipinski definition) is 2. The van der Waals surface area contributed by atoms with Crippen molar-refractivity contribution in [2.45, 2.75) is 0 Å². The molecule has 16 heavy (non-hydrogen) atoms. The molecule has 0 saturated heterocycles. The number of aromatic amines is 1. The highest BCUT2D eigenvalue weighted by molar-refractivity contribution is 5.75. The van der Waals surface area contributed by atoms with E-state index in [4.69, 9.17) is 15.2 Å². The fraction of sp³-hybridized carbons (Fsp3) is 0.182. The van der Waals surface area contributed by atoms with E-state index in [0.717, 1.165) is 22.6 Å². The molecule has 0 spiro atoms. The van der Waals surface area contributed by atoms with Gasteiger partial charge in [0.25, 0.3) is 0 Å². The summed E-state index contributed by atoms with van der Waals surface area (Å²) in [5.41, 5.74) is 7.60. The van der Waals surface area contributed by atoms with E-state index < -0.39 is 0 Å². The van der Waals surface area contributed by atoms with Crippen molar-refractivity contribution >= 4 is 5.82 Å². The van der Waals surface area contributed by atoms with Crippen LogP contribution >= 0.6 is 0 Å². The van der Waals surface area contributed by atoms with Gasteiger partial charge in [-0.15, -0.1) is 0 Å². The molecule has 5 nitrogen and oxygen atoms in total. The average molecular weight is 217 g/mol. The van der Waals surface area contributed by atoms with Crippen LogP contribution < -0.4 is 15.2 Å². The molecule has 1 aliphatic heterocycles. The Morgan fingerprint density at radius 1 is 1.19 bits per heavy atom. The summed E-state index contributed by atoms with van der Waals surface area (Å²) in [5, 5.41) is 6.59. The smallest absolute Gasteiger partial charge is 0.161 e. The number of nitrogens with one attached hydrogen (secondary N) is 1. The number of rotatable bonds is 1. The third kappa shape index (κ3) is 1.37. The molecule has 0 bridgehead atoms. The van der Waals surface area contributed by atoms with Crippen molar-refractivity contribution in [1.29, 1.82) is 0 Å². The summed E-state index contributed by atoms with van der Waals surface area (Å²) in [6.07, 6.45) is 1.70. The van der Waals surface area contributed by atoms with Crippen LogP contribution in [-0.2, 0) is 0 Å². The monoisotopic (exact) mass is 217 g/mol. The highest BCUT2D eigenvalue weighted by Gasteiger charge is 2.13. The summed E-state index contributed by atoms with van der Waals surface area (Å²) in [7, 11) is 0. The van der Waals surface area contributed by atoms with Gasteiger partial charge in [-0.2, -0.15) is 5.10 Å². The molecule has 0 aliphatic carbocycles. The van der Waals surface area contributed by atoms with Crippen molar-refractivity contribution in [2.24, 2.45) is 0 Å². The Bertz CT molecular complexity index is 522. The van der Waals surface area contributed by atoms with E-state index in [9.17, 15) is 0 Å². The second-order valence-electron chi connectivity index (χ2n) is 3.56. The fourth-order valence-electron chi connectivity index (χ4n) is 1.74. The first-order valence-corrected chi connectivity index (χ1v) is 5.03. The van der Waals surface area contributed by atoms with E-state index >= 15 is 0 Å². The highest BCUT2D eigenvalue weighted by atomic mass is 16.6. The summed E-state index contributed by atoms with van der Waals surface area (Å²) >= 11 is 0. The van der Waals surface area contributed by atoms with Crippen molar-refractivity contribution < 1.29 is 9.47 Å². The molecular weight excluding hydrogens is 206 g/mol. The molecule has 0 atom stereocenters. The second kappa shape index (κ2) is 3.44. The minimum atomic E-state index is 0.552. The number of nitrogens with two attached hydrogens (primary N) is 1. The maximum atomic E-state index is 5.76. The number of hydrogen-bond acceptors (Lipinski definition) is 4. The Morgan fingerprint density at radius 3 is 2.75 bits per heavy atom. The first-order valence-electron chi connectivity index (χ1n) is 5.03. The molecule has 1 aromatic heterocycles. The summed E-state index contributed by atoms with van der Waals surface area (Å²) < 4.78 is 11.0. The topological polar surface area (TPSA) is 73.2 Å². The molecule has 0 fully saturated rings. The SMILES string of the molecule is Nc1[nH]ncc1-c1ccc2c(c1)OCCO2. The molecule has 2 heterocycles. The zero-order valence-electron chi connectivity index (χ0n) is 8.56. The lowest BCUT2D eigenvalue weighted by Gasteiger charge is -2.18. The molecule has 82 valence electrons. The molecule has 2 aromatic rings. The molecular formula is C11H11N3O2. The Balaban J connectivity index is 2.06. The standard InChI is InChI=1S/C11H11N3O2/c12-11-8(6-13-14-11)7-1-2-9-10(5-7)16-4-3-15-9/h1-2,5-6H,3-4H2,(H3,12,13,14). The van der Waals surface area contributed by atoms with Crippen LogP contribution in [0.5, 0.6) is 11.5 Å². The van der Waals surface area contributed by atoms with E-state index in [1.165, 1.54) is 0 Å². The number of nitrogens with zero attached hydrogens (tertiary/aromatic N) is 1. The van der Waals surface area contributed by atoms with Crippen LogP contribution in [0.25, 0.3) is 11.1 Å². The number of ether oxygens (including phenoxy) is 2. The number of benzene rings is 1. The fourth-order valence-corrected chi connectivity index (χ4v) is 1.74. The second-order valence-corrected chi connectivity index (χ2v) is 3.56. The van der Waals surface area contributed by atoms with Gasteiger partial charge >= 0.3 is 0 Å². The molecule has 5 heteroatoms. The minimum Gasteiger partial charge on any atom is -0.486 e. The van der Waals surface area contributed by atoms with Gasteiger partial charge in [-0.1, -0.05) is 6.07 Å². The third-order valence-corrected chi connectivity index (χ3v) is 2.52. The van der Waals surface area contributed by atoms with Gasteiger partial charge in [-0.05, 0) is 17.7 Å². The van der Waals surface area contributed by atoms with Gasteiger partial charge in [-0.3, -0.25) is 5.10 Å². The predicted octanol–water partition coefficient (Wildman–Crippen LogP) is 1.43. The third-order valence-electron chi connectivity index (χ3n) is 2.52. The van der Waals surface area contributed by atoms with Crippen molar-refractivity contribution in [3.05, 3.63) is 24.4 Å². The number of fused-ring (bicyclic) bond motifs is 1. The van der Waals surface area contributed by atoms with Crippen LogP contribution in [0.15, 0.2) is 24.4 Å². The Morgan fingerprint density at radius 2 is 2.00 bits per heavy atom. The van der Waals surface area contributed by atoms with Crippen molar-refractivity contribution in [3.63, 3.8) is 0 Å². The summed E-state index contributed by atoms with van der Waals surface area (Å²) in [5.74, 6) is 2.08. The number of aromatic nitrogens is 2. The molecule has 0 amide bonds. The van der Waals surface area contributed by atoms with Gasteiger partial charge in [0, 0.05) is 5.56 Å². The summed E-state index contributed by atoms with van der Waals surface area (Å²) in [6, 6.07) is 5.74. The van der Waals surface area contributed by atoms with E-state index in [2.05, 4.69) is 10.2 Å². The average Bonchev–Trinajstić information content (AvgIpc) is 2.75. The number of nitrogen functional groups attached to an aromatic ring is 1. The lowest BCUT2D eigenvalue weighted by atomic mass is 10.1. The molecule has 3 N–H and O–H groups in total. The Hall–Kier alpha value is -2.17. The lowest BCUT2D eigenvalue weighted by Crippen LogP contribution is -2.15. The molecule has 1 aromatic carbocycles. The normalized spacial score (nSPS) is 13.8. The number of anilines is 1. The van der Waals surface area contributed by atoms with Gasteiger partial charge in [0.2, 0.25) is 0 Å². The van der Waals surface area contributed by atoms with E-state index in [1.54, 1.807) is 6.20 Å². The van der Waals surface area contributed by atoms with Crippen molar-refractivity contribution in [2.75, 3.05) is 18.9 Å². The van der Waals surface area contributed by atoms with Crippen molar-refractivity contribution in [1.82, 2.24) is 10.2 Å². The van der Waals surface area contributed by atoms with E-state index in [0.29, 0.717) is 19.0 Å². The van der Waals surface area contributed by atoms with Gasteiger partial charge in [0.1, 0.15) is 19.0 Å². The predicted molar refractivity (Wildman–Crippen MR) is 59.4 cm³/mol. The molecule has 3 rings (SSSR count). The van der Waals surface area contributed by atoms with Crippen LogP contribution in [0.1, 0.15) is 0 Å². The van der Waals surface area contributed by atoms with Crippen LogP contribution in [0.3, 0.4) is 0 Å². The minimum absolute atomic E-state index is 0.552. The molecule has 0 saturated carbocycles.